The molecule has 2 nitrogen and oxygen atoms in total. The molecule has 50 valence electrons. The molecule has 0 bridgehead atoms. The molecule has 0 saturated carbocycles. The second-order valence-corrected chi connectivity index (χ2v) is 2.19. The first kappa shape index (κ1) is 7.92. The average molecular weight is 117 g/mol. The molecule has 0 saturated heterocycles. The van der Waals surface area contributed by atoms with Crippen molar-refractivity contribution in [2.24, 2.45) is 5.73 Å². The lowest BCUT2D eigenvalue weighted by atomic mass is 10.1. The van der Waals surface area contributed by atoms with Crippen molar-refractivity contribution in [3.05, 3.63) is 0 Å². The van der Waals surface area contributed by atoms with Crippen molar-refractivity contribution in [1.29, 1.82) is 0 Å². The van der Waals surface area contributed by atoms with Gasteiger partial charge >= 0.3 is 0 Å². The lowest BCUT2D eigenvalue weighted by Crippen LogP contribution is -2.31. The molecule has 0 aliphatic heterocycles. The second-order valence-electron chi connectivity index (χ2n) is 2.19. The van der Waals surface area contributed by atoms with Crippen LogP contribution in [0.3, 0.4) is 0 Å². The smallest absolute Gasteiger partial charge is 0.0662 e. The highest BCUT2D eigenvalue weighted by Crippen LogP contribution is 1.96. The van der Waals surface area contributed by atoms with Crippen molar-refractivity contribution in [2.45, 2.75) is 38.8 Å². The van der Waals surface area contributed by atoms with Gasteiger partial charge in [0.25, 0.3) is 0 Å². The Hall–Kier alpha value is -0.0800. The molecule has 0 radical (unpaired) electrons. The predicted molar refractivity (Wildman–Crippen MR) is 34.6 cm³/mol. The summed E-state index contributed by atoms with van der Waals surface area (Å²) in [5.41, 5.74) is 5.48. The van der Waals surface area contributed by atoms with Gasteiger partial charge < -0.3 is 10.8 Å². The van der Waals surface area contributed by atoms with E-state index in [4.69, 9.17) is 10.8 Å². The number of rotatable bonds is 3. The van der Waals surface area contributed by atoms with Gasteiger partial charge in [0.05, 0.1) is 6.10 Å². The highest BCUT2D eigenvalue weighted by molar-refractivity contribution is 4.65. The van der Waals surface area contributed by atoms with Crippen LogP contribution >= 0.6 is 0 Å². The molecule has 0 rings (SSSR count). The van der Waals surface area contributed by atoms with Crippen LogP contribution in [0.25, 0.3) is 0 Å². The fourth-order valence-electron chi connectivity index (χ4n) is 0.575. The molecule has 0 fully saturated rings. The predicted octanol–water partition coefficient (Wildman–Crippen LogP) is 0.495. The van der Waals surface area contributed by atoms with Crippen LogP contribution in [0.2, 0.25) is 0 Å². The summed E-state index contributed by atoms with van der Waals surface area (Å²) in [4.78, 5) is 0. The van der Waals surface area contributed by atoms with Gasteiger partial charge in [0, 0.05) is 6.04 Å². The minimum Gasteiger partial charge on any atom is -0.392 e. The summed E-state index contributed by atoms with van der Waals surface area (Å²) < 4.78 is 0. The Morgan fingerprint density at radius 2 is 2.12 bits per heavy atom. The molecule has 8 heavy (non-hydrogen) atoms. The first-order chi connectivity index (χ1) is 3.68. The van der Waals surface area contributed by atoms with Gasteiger partial charge in [-0.3, -0.25) is 0 Å². The third-order valence-electron chi connectivity index (χ3n) is 1.24. The van der Waals surface area contributed by atoms with E-state index in [0.717, 1.165) is 12.8 Å². The van der Waals surface area contributed by atoms with Crippen molar-refractivity contribution < 1.29 is 5.11 Å². The van der Waals surface area contributed by atoms with E-state index in [-0.39, 0.29) is 12.1 Å². The molecule has 0 spiro atoms. The number of hydrogen-bond acceptors (Lipinski definition) is 2. The monoisotopic (exact) mass is 117 g/mol. The number of nitrogens with two attached hydrogens (primary N) is 1. The molecule has 0 aliphatic rings. The number of aliphatic hydroxyl groups is 1. The van der Waals surface area contributed by atoms with Crippen LogP contribution in [-0.4, -0.2) is 17.3 Å². The van der Waals surface area contributed by atoms with Crippen LogP contribution in [0.5, 0.6) is 0 Å². The summed E-state index contributed by atoms with van der Waals surface area (Å²) in [6, 6.07) is -0.0278. The fourth-order valence-corrected chi connectivity index (χ4v) is 0.575. The van der Waals surface area contributed by atoms with Crippen LogP contribution in [0.1, 0.15) is 26.7 Å². The quantitative estimate of drug-likeness (QED) is 0.565. The van der Waals surface area contributed by atoms with E-state index < -0.39 is 0 Å². The molecule has 2 atom stereocenters. The zero-order valence-corrected chi connectivity index (χ0v) is 5.59. The standard InChI is InChI=1S/C6H15NO/c1-3-4-6(7)5(2)8/h5-6,8H,3-4,7H2,1-2H3/t5?,6-/m0/s1. The summed E-state index contributed by atoms with van der Waals surface area (Å²) >= 11 is 0. The van der Waals surface area contributed by atoms with Crippen molar-refractivity contribution in [1.82, 2.24) is 0 Å². The SMILES string of the molecule is CCC[C@H](N)C(C)O. The first-order valence-electron chi connectivity index (χ1n) is 3.12. The first-order valence-corrected chi connectivity index (χ1v) is 3.12. The van der Waals surface area contributed by atoms with Crippen LogP contribution < -0.4 is 5.73 Å². The van der Waals surface area contributed by atoms with Gasteiger partial charge in [-0.25, -0.2) is 0 Å². The maximum absolute atomic E-state index is 8.83. The van der Waals surface area contributed by atoms with Gasteiger partial charge in [-0.05, 0) is 13.3 Å². The van der Waals surface area contributed by atoms with Gasteiger partial charge in [-0.2, -0.15) is 0 Å². The lowest BCUT2D eigenvalue weighted by molar-refractivity contribution is 0.159. The largest absolute Gasteiger partial charge is 0.392 e. The lowest BCUT2D eigenvalue weighted by Gasteiger charge is -2.11. The zero-order valence-electron chi connectivity index (χ0n) is 5.59. The summed E-state index contributed by atoms with van der Waals surface area (Å²) in [7, 11) is 0. The maximum atomic E-state index is 8.83. The Balaban J connectivity index is 3.17. The molecule has 3 N–H and O–H groups in total. The Kier molecular flexibility index (Phi) is 3.83. The minimum atomic E-state index is -0.352. The van der Waals surface area contributed by atoms with Crippen LogP contribution in [0, 0.1) is 0 Å². The van der Waals surface area contributed by atoms with E-state index in [0.29, 0.717) is 0 Å². The van der Waals surface area contributed by atoms with Crippen molar-refractivity contribution in [3.8, 4) is 0 Å². The Labute approximate surface area is 50.7 Å². The zero-order chi connectivity index (χ0) is 6.57. The Morgan fingerprint density at radius 1 is 1.62 bits per heavy atom. The summed E-state index contributed by atoms with van der Waals surface area (Å²) in [6.45, 7) is 3.78. The van der Waals surface area contributed by atoms with E-state index in [1.165, 1.54) is 0 Å². The number of aliphatic hydroxyl groups excluding tert-OH is 1. The highest BCUT2D eigenvalue weighted by Gasteiger charge is 2.05. The second kappa shape index (κ2) is 3.87. The Bertz CT molecular complexity index is 54.5. The molecule has 0 aromatic heterocycles. The molecule has 0 aromatic carbocycles. The van der Waals surface area contributed by atoms with E-state index in [1.807, 2.05) is 0 Å². The van der Waals surface area contributed by atoms with E-state index in [9.17, 15) is 0 Å². The van der Waals surface area contributed by atoms with Gasteiger partial charge in [0.15, 0.2) is 0 Å². The molecule has 0 aromatic rings. The van der Waals surface area contributed by atoms with Crippen LogP contribution in [0.4, 0.5) is 0 Å². The summed E-state index contributed by atoms with van der Waals surface area (Å²) in [5, 5.41) is 8.83. The van der Waals surface area contributed by atoms with Gasteiger partial charge in [0.1, 0.15) is 0 Å². The number of hydrogen-bond donors (Lipinski definition) is 2. The maximum Gasteiger partial charge on any atom is 0.0662 e. The molecular formula is C6H15NO. The Morgan fingerprint density at radius 3 is 2.25 bits per heavy atom. The highest BCUT2D eigenvalue weighted by atomic mass is 16.3. The van der Waals surface area contributed by atoms with Gasteiger partial charge in [-0.15, -0.1) is 0 Å². The normalized spacial score (nSPS) is 18.0. The molecule has 2 heteroatoms. The topological polar surface area (TPSA) is 46.2 Å². The van der Waals surface area contributed by atoms with Gasteiger partial charge in [-0.1, -0.05) is 13.3 Å². The van der Waals surface area contributed by atoms with E-state index in [1.54, 1.807) is 6.92 Å². The minimum absolute atomic E-state index is 0.0278. The van der Waals surface area contributed by atoms with Crippen molar-refractivity contribution in [3.63, 3.8) is 0 Å². The van der Waals surface area contributed by atoms with E-state index >= 15 is 0 Å². The van der Waals surface area contributed by atoms with Crippen LogP contribution in [-0.2, 0) is 0 Å². The molecule has 1 unspecified atom stereocenters. The fraction of sp³-hybridized carbons (Fsp3) is 1.00. The average Bonchev–Trinajstić information content (AvgIpc) is 1.67. The van der Waals surface area contributed by atoms with Crippen molar-refractivity contribution >= 4 is 0 Å². The van der Waals surface area contributed by atoms with Crippen molar-refractivity contribution in [2.75, 3.05) is 0 Å². The van der Waals surface area contributed by atoms with E-state index in [2.05, 4.69) is 6.92 Å². The van der Waals surface area contributed by atoms with Gasteiger partial charge in [0.2, 0.25) is 0 Å². The molecular weight excluding hydrogens is 102 g/mol. The third kappa shape index (κ3) is 2.99. The summed E-state index contributed by atoms with van der Waals surface area (Å²) in [6.07, 6.45) is 1.61. The van der Waals surface area contributed by atoms with Crippen LogP contribution in [0.15, 0.2) is 0 Å². The summed E-state index contributed by atoms with van der Waals surface area (Å²) in [5.74, 6) is 0. The molecule has 0 heterocycles. The third-order valence-corrected chi connectivity index (χ3v) is 1.24. The molecule has 0 amide bonds. The molecule has 0 aliphatic carbocycles.